The van der Waals surface area contributed by atoms with Crippen LogP contribution in [-0.4, -0.2) is 72.8 Å². The van der Waals surface area contributed by atoms with Crippen LogP contribution in [-0.2, 0) is 9.53 Å². The number of amides is 1. The summed E-state index contributed by atoms with van der Waals surface area (Å²) in [5, 5.41) is 7.10. The molecule has 2 N–H and O–H groups in total. The zero-order valence-electron chi connectivity index (χ0n) is 15.2. The number of para-hydroxylation sites is 1. The van der Waals surface area contributed by atoms with Crippen LogP contribution < -0.4 is 10.6 Å². The number of hydrogen-bond acceptors (Lipinski definition) is 4. The first kappa shape index (κ1) is 19.1. The minimum absolute atomic E-state index is 0.0312. The van der Waals surface area contributed by atoms with Crippen LogP contribution in [0.1, 0.15) is 19.3 Å². The second kappa shape index (κ2) is 9.85. The summed E-state index contributed by atoms with van der Waals surface area (Å²) in [4.78, 5) is 16.6. The van der Waals surface area contributed by atoms with Gasteiger partial charge in [-0.25, -0.2) is 0 Å². The summed E-state index contributed by atoms with van der Waals surface area (Å²) < 4.78 is 5.63. The Hall–Kier alpha value is -1.70. The fourth-order valence-electron chi connectivity index (χ4n) is 3.38. The van der Waals surface area contributed by atoms with Crippen molar-refractivity contribution in [2.75, 3.05) is 51.2 Å². The van der Waals surface area contributed by atoms with Crippen molar-refractivity contribution in [3.8, 4) is 0 Å². The molecule has 0 aromatic heterocycles. The van der Waals surface area contributed by atoms with Gasteiger partial charge in [0.2, 0.25) is 5.91 Å². The van der Waals surface area contributed by atoms with Crippen molar-refractivity contribution in [1.29, 1.82) is 0 Å². The van der Waals surface area contributed by atoms with E-state index in [-0.39, 0.29) is 12.0 Å². The Morgan fingerprint density at radius 3 is 2.77 bits per heavy atom. The molecule has 2 aliphatic rings. The molecule has 1 unspecified atom stereocenters. The van der Waals surface area contributed by atoms with Crippen LogP contribution >= 0.6 is 12.2 Å². The molecular weight excluding hydrogens is 348 g/mol. The molecule has 0 bridgehead atoms. The maximum Gasteiger partial charge on any atom is 0.238 e. The fourth-order valence-corrected chi connectivity index (χ4v) is 3.64. The highest BCUT2D eigenvalue weighted by Gasteiger charge is 2.20. The smallest absolute Gasteiger partial charge is 0.238 e. The summed E-state index contributed by atoms with van der Waals surface area (Å²) in [7, 11) is 0. The molecule has 2 fully saturated rings. The Morgan fingerprint density at radius 2 is 2.00 bits per heavy atom. The molecule has 1 aromatic carbocycles. The van der Waals surface area contributed by atoms with Crippen molar-refractivity contribution < 1.29 is 9.53 Å². The summed E-state index contributed by atoms with van der Waals surface area (Å²) >= 11 is 5.54. The Kier molecular flexibility index (Phi) is 7.22. The molecule has 2 heterocycles. The number of rotatable bonds is 5. The third-order valence-electron chi connectivity index (χ3n) is 4.81. The summed E-state index contributed by atoms with van der Waals surface area (Å²) in [6.07, 6.45) is 3.54. The second-order valence-electron chi connectivity index (χ2n) is 6.85. The quantitative estimate of drug-likeness (QED) is 0.763. The lowest BCUT2D eigenvalue weighted by Gasteiger charge is -2.25. The topological polar surface area (TPSA) is 56.8 Å². The van der Waals surface area contributed by atoms with Crippen LogP contribution in [0.2, 0.25) is 0 Å². The van der Waals surface area contributed by atoms with Gasteiger partial charge in [-0.1, -0.05) is 18.2 Å². The van der Waals surface area contributed by atoms with Gasteiger partial charge in [-0.15, -0.1) is 0 Å². The van der Waals surface area contributed by atoms with Gasteiger partial charge in [0.15, 0.2) is 5.11 Å². The van der Waals surface area contributed by atoms with Crippen molar-refractivity contribution in [3.05, 3.63) is 30.3 Å². The number of carbonyl (C=O) groups excluding carboxylic acids is 1. The number of anilines is 1. The standard InChI is InChI=1S/C19H28N4O2S/c24-18(21-16-6-2-1-3-7-16)15-22-9-5-10-23(12-11-22)19(26)20-14-17-8-4-13-25-17/h1-3,6-7,17H,4-5,8-15H2,(H,20,26)(H,21,24). The summed E-state index contributed by atoms with van der Waals surface area (Å²) in [5.74, 6) is 0.0312. The van der Waals surface area contributed by atoms with Gasteiger partial charge in [-0.3, -0.25) is 9.69 Å². The van der Waals surface area contributed by atoms with Crippen molar-refractivity contribution in [2.45, 2.75) is 25.4 Å². The van der Waals surface area contributed by atoms with E-state index < -0.39 is 0 Å². The average molecular weight is 377 g/mol. The molecule has 7 heteroatoms. The van der Waals surface area contributed by atoms with E-state index in [1.54, 1.807) is 0 Å². The van der Waals surface area contributed by atoms with Gasteiger partial charge in [0.25, 0.3) is 0 Å². The molecule has 6 nitrogen and oxygen atoms in total. The van der Waals surface area contributed by atoms with Crippen LogP contribution in [0.4, 0.5) is 5.69 Å². The number of nitrogens with one attached hydrogen (secondary N) is 2. The SMILES string of the molecule is O=C(CN1CCCN(C(=S)NCC2CCCO2)CC1)Nc1ccccc1. The predicted molar refractivity (Wildman–Crippen MR) is 107 cm³/mol. The van der Waals surface area contributed by atoms with Crippen molar-refractivity contribution >= 4 is 28.9 Å². The third-order valence-corrected chi connectivity index (χ3v) is 5.21. The van der Waals surface area contributed by atoms with E-state index >= 15 is 0 Å². The predicted octanol–water partition coefficient (Wildman–Crippen LogP) is 1.69. The molecule has 1 atom stereocenters. The molecule has 0 aliphatic carbocycles. The van der Waals surface area contributed by atoms with E-state index in [1.807, 2.05) is 30.3 Å². The average Bonchev–Trinajstić information content (AvgIpc) is 3.06. The van der Waals surface area contributed by atoms with Crippen LogP contribution in [0.5, 0.6) is 0 Å². The minimum Gasteiger partial charge on any atom is -0.376 e. The van der Waals surface area contributed by atoms with Gasteiger partial charge in [0.05, 0.1) is 12.6 Å². The molecule has 142 valence electrons. The summed E-state index contributed by atoms with van der Waals surface area (Å²) in [6, 6.07) is 9.59. The molecule has 2 saturated heterocycles. The van der Waals surface area contributed by atoms with Gasteiger partial charge >= 0.3 is 0 Å². The lowest BCUT2D eigenvalue weighted by Crippen LogP contribution is -2.44. The molecule has 0 spiro atoms. The van der Waals surface area contributed by atoms with Crippen molar-refractivity contribution in [2.24, 2.45) is 0 Å². The zero-order chi connectivity index (χ0) is 18.2. The van der Waals surface area contributed by atoms with Crippen molar-refractivity contribution in [3.63, 3.8) is 0 Å². The molecule has 0 radical (unpaired) electrons. The van der Waals surface area contributed by atoms with E-state index in [9.17, 15) is 4.79 Å². The monoisotopic (exact) mass is 376 g/mol. The molecule has 26 heavy (non-hydrogen) atoms. The van der Waals surface area contributed by atoms with E-state index in [4.69, 9.17) is 17.0 Å². The fraction of sp³-hybridized carbons (Fsp3) is 0.579. The molecule has 2 aliphatic heterocycles. The normalized spacial score (nSPS) is 21.2. The van der Waals surface area contributed by atoms with Gasteiger partial charge < -0.3 is 20.3 Å². The van der Waals surface area contributed by atoms with Gasteiger partial charge in [0.1, 0.15) is 0 Å². The first-order valence-corrected chi connectivity index (χ1v) is 9.83. The van der Waals surface area contributed by atoms with E-state index in [2.05, 4.69) is 20.4 Å². The number of carbonyl (C=O) groups is 1. The molecular formula is C19H28N4O2S. The van der Waals surface area contributed by atoms with Crippen LogP contribution in [0.15, 0.2) is 30.3 Å². The summed E-state index contributed by atoms with van der Waals surface area (Å²) in [6.45, 7) is 5.58. The Morgan fingerprint density at radius 1 is 1.15 bits per heavy atom. The maximum absolute atomic E-state index is 12.2. The van der Waals surface area contributed by atoms with Crippen LogP contribution in [0.25, 0.3) is 0 Å². The minimum atomic E-state index is 0.0312. The number of nitrogens with zero attached hydrogens (tertiary/aromatic N) is 2. The Bertz CT molecular complexity index is 592. The number of thiocarbonyl (C=S) groups is 1. The number of hydrogen-bond donors (Lipinski definition) is 2. The molecule has 3 rings (SSSR count). The Balaban J connectivity index is 1.39. The van der Waals surface area contributed by atoms with E-state index in [0.29, 0.717) is 6.54 Å². The number of benzene rings is 1. The van der Waals surface area contributed by atoms with E-state index in [1.165, 1.54) is 0 Å². The molecule has 1 aromatic rings. The molecule has 0 saturated carbocycles. The van der Waals surface area contributed by atoms with Crippen LogP contribution in [0, 0.1) is 0 Å². The lowest BCUT2D eigenvalue weighted by atomic mass is 10.2. The largest absolute Gasteiger partial charge is 0.376 e. The third kappa shape index (κ3) is 5.93. The zero-order valence-corrected chi connectivity index (χ0v) is 16.0. The first-order valence-electron chi connectivity index (χ1n) is 9.42. The first-order chi connectivity index (χ1) is 12.7. The molecule has 1 amide bonds. The highest BCUT2D eigenvalue weighted by molar-refractivity contribution is 7.80. The van der Waals surface area contributed by atoms with Gasteiger partial charge in [-0.05, 0) is 43.6 Å². The highest BCUT2D eigenvalue weighted by Crippen LogP contribution is 2.11. The number of ether oxygens (including phenoxy) is 1. The summed E-state index contributed by atoms with van der Waals surface area (Å²) in [5.41, 5.74) is 0.841. The van der Waals surface area contributed by atoms with Crippen molar-refractivity contribution in [1.82, 2.24) is 15.1 Å². The van der Waals surface area contributed by atoms with Gasteiger partial charge in [0, 0.05) is 45.0 Å². The van der Waals surface area contributed by atoms with Gasteiger partial charge in [-0.2, -0.15) is 0 Å². The van der Waals surface area contributed by atoms with Crippen LogP contribution in [0.3, 0.4) is 0 Å². The Labute approximate surface area is 160 Å². The highest BCUT2D eigenvalue weighted by atomic mass is 32.1. The lowest BCUT2D eigenvalue weighted by molar-refractivity contribution is -0.117. The maximum atomic E-state index is 12.2. The van der Waals surface area contributed by atoms with E-state index in [0.717, 1.165) is 69.4 Å². The second-order valence-corrected chi connectivity index (χ2v) is 7.24.